The summed E-state index contributed by atoms with van der Waals surface area (Å²) in [6, 6.07) is 6.48. The molecule has 5 rings (SSSR count). The molecule has 182 valence electrons. The second-order valence-electron chi connectivity index (χ2n) is 11.2. The average Bonchev–Trinajstić information content (AvgIpc) is 3.65. The van der Waals surface area contributed by atoms with Crippen LogP contribution in [0.3, 0.4) is 0 Å². The average molecular weight is 464 g/mol. The summed E-state index contributed by atoms with van der Waals surface area (Å²) in [4.78, 5) is 27.6. The highest BCUT2D eigenvalue weighted by Gasteiger charge is 2.48. The van der Waals surface area contributed by atoms with Crippen LogP contribution in [0.2, 0.25) is 0 Å². The first kappa shape index (κ1) is 23.1. The predicted octanol–water partition coefficient (Wildman–Crippen LogP) is 4.58. The Balaban J connectivity index is 1.43. The van der Waals surface area contributed by atoms with Gasteiger partial charge in [0.15, 0.2) is 0 Å². The molecule has 3 fully saturated rings. The fourth-order valence-corrected chi connectivity index (χ4v) is 5.73. The molecule has 1 aromatic carbocycles. The van der Waals surface area contributed by atoms with Crippen molar-refractivity contribution in [2.45, 2.75) is 78.2 Å². The summed E-state index contributed by atoms with van der Waals surface area (Å²) in [5.74, 6) is 3.34. The third-order valence-corrected chi connectivity index (χ3v) is 7.76. The van der Waals surface area contributed by atoms with Gasteiger partial charge in [0, 0.05) is 37.7 Å². The molecule has 1 aliphatic heterocycles. The second-order valence-corrected chi connectivity index (χ2v) is 11.2. The molecule has 34 heavy (non-hydrogen) atoms. The molecule has 2 unspecified atom stereocenters. The monoisotopic (exact) mass is 463 g/mol. The van der Waals surface area contributed by atoms with Crippen LogP contribution in [0.4, 0.5) is 5.69 Å². The maximum absolute atomic E-state index is 13.5. The van der Waals surface area contributed by atoms with Crippen LogP contribution in [0.15, 0.2) is 18.2 Å². The Bertz CT molecular complexity index is 1100. The second kappa shape index (κ2) is 8.82. The zero-order valence-corrected chi connectivity index (χ0v) is 21.0. The van der Waals surface area contributed by atoms with Gasteiger partial charge in [-0.3, -0.25) is 9.59 Å². The molecule has 2 heterocycles. The van der Waals surface area contributed by atoms with E-state index in [1.54, 1.807) is 11.8 Å². The normalized spacial score (nSPS) is 26.2. The Hall–Kier alpha value is -2.70. The third-order valence-electron chi connectivity index (χ3n) is 7.76. The van der Waals surface area contributed by atoms with Crippen LogP contribution in [0.1, 0.15) is 87.1 Å². The minimum Gasteiger partial charge on any atom is -0.341 e. The number of amides is 2. The molecule has 2 aromatic rings. The zero-order chi connectivity index (χ0) is 24.1. The summed E-state index contributed by atoms with van der Waals surface area (Å²) in [6.07, 6.45) is 4.69. The van der Waals surface area contributed by atoms with Crippen molar-refractivity contribution in [1.82, 2.24) is 19.7 Å². The van der Waals surface area contributed by atoms with E-state index in [0.29, 0.717) is 36.9 Å². The molecule has 2 aliphatic carbocycles. The topological polar surface area (TPSA) is 80.1 Å². The summed E-state index contributed by atoms with van der Waals surface area (Å²) < 4.78 is 2.36. The molecule has 2 amide bonds. The first-order chi connectivity index (χ1) is 16.2. The first-order valence-corrected chi connectivity index (χ1v) is 12.8. The van der Waals surface area contributed by atoms with Crippen molar-refractivity contribution in [3.63, 3.8) is 0 Å². The van der Waals surface area contributed by atoms with E-state index in [4.69, 9.17) is 10.2 Å². The number of hydrogen-bond donors (Lipinski definition) is 1. The highest BCUT2D eigenvalue weighted by molar-refractivity contribution is 5.94. The van der Waals surface area contributed by atoms with Crippen molar-refractivity contribution in [2.24, 2.45) is 17.8 Å². The van der Waals surface area contributed by atoms with Crippen LogP contribution in [-0.4, -0.2) is 44.6 Å². The molecule has 1 N–H and O–H groups in total. The molecular weight excluding hydrogens is 426 g/mol. The van der Waals surface area contributed by atoms with Gasteiger partial charge in [-0.1, -0.05) is 31.5 Å². The van der Waals surface area contributed by atoms with E-state index in [1.807, 2.05) is 26.0 Å². The van der Waals surface area contributed by atoms with Gasteiger partial charge >= 0.3 is 0 Å². The van der Waals surface area contributed by atoms with E-state index in [9.17, 15) is 9.59 Å². The van der Waals surface area contributed by atoms with E-state index in [2.05, 4.69) is 29.8 Å². The smallest absolute Gasteiger partial charge is 0.230 e. The third kappa shape index (κ3) is 4.49. The van der Waals surface area contributed by atoms with Crippen molar-refractivity contribution in [3.05, 3.63) is 41.0 Å². The van der Waals surface area contributed by atoms with Crippen molar-refractivity contribution in [3.8, 4) is 0 Å². The van der Waals surface area contributed by atoms with Crippen molar-refractivity contribution in [1.29, 1.82) is 0 Å². The van der Waals surface area contributed by atoms with Gasteiger partial charge in [0.2, 0.25) is 11.8 Å². The van der Waals surface area contributed by atoms with Crippen LogP contribution in [0, 0.1) is 31.6 Å². The van der Waals surface area contributed by atoms with E-state index in [-0.39, 0.29) is 23.7 Å². The lowest BCUT2D eigenvalue weighted by molar-refractivity contribution is -0.128. The summed E-state index contributed by atoms with van der Waals surface area (Å²) in [5.41, 5.74) is 3.03. The number of aryl methyl sites for hydroxylation is 2. The number of benzene rings is 1. The molecular formula is C27H37N5O2. The molecule has 7 nitrogen and oxygen atoms in total. The van der Waals surface area contributed by atoms with Gasteiger partial charge in [0.05, 0.1) is 11.8 Å². The van der Waals surface area contributed by atoms with Gasteiger partial charge in [-0.2, -0.15) is 0 Å². The lowest BCUT2D eigenvalue weighted by Gasteiger charge is -2.19. The standard InChI is InChI=1S/C27H37N5O2/c1-15(2)10-19-12-21(19)25-29-30-26(32(25)20-7-8-20)22-13-31(18(5)33)14-23(22)27(34)28-24-9-6-16(3)11-17(24)4/h6,9,11,15,19-23H,7-8,10,12-14H2,1-5H3,(H,28,34)/t19?,21?,22-,23-/m0/s1. The number of rotatable bonds is 7. The van der Waals surface area contributed by atoms with E-state index in [1.165, 1.54) is 12.8 Å². The van der Waals surface area contributed by atoms with Crippen LogP contribution in [0.5, 0.6) is 0 Å². The zero-order valence-electron chi connectivity index (χ0n) is 21.0. The van der Waals surface area contributed by atoms with Gasteiger partial charge in [-0.05, 0) is 63.0 Å². The van der Waals surface area contributed by atoms with Crippen molar-refractivity contribution in [2.75, 3.05) is 18.4 Å². The van der Waals surface area contributed by atoms with Crippen LogP contribution < -0.4 is 5.32 Å². The number of nitrogens with one attached hydrogen (secondary N) is 1. The highest BCUT2D eigenvalue weighted by atomic mass is 16.2. The quantitative estimate of drug-likeness (QED) is 0.652. The summed E-state index contributed by atoms with van der Waals surface area (Å²) in [5, 5.41) is 12.5. The number of carbonyl (C=O) groups excluding carboxylic acids is 2. The molecule has 0 bridgehead atoms. The summed E-state index contributed by atoms with van der Waals surface area (Å²) in [6.45, 7) is 11.1. The van der Waals surface area contributed by atoms with Crippen LogP contribution in [-0.2, 0) is 9.59 Å². The SMILES string of the molecule is CC(=O)N1C[C@H](C(=O)Nc2ccc(C)cc2C)[C@@H](c2nnc(C3CC3CC(C)C)n2C2CC2)C1. The van der Waals surface area contributed by atoms with Crippen LogP contribution in [0.25, 0.3) is 0 Å². The van der Waals surface area contributed by atoms with Gasteiger partial charge in [0.1, 0.15) is 11.6 Å². The minimum atomic E-state index is -0.343. The van der Waals surface area contributed by atoms with Gasteiger partial charge < -0.3 is 14.8 Å². The van der Waals surface area contributed by atoms with Crippen molar-refractivity contribution >= 4 is 17.5 Å². The predicted molar refractivity (Wildman–Crippen MR) is 132 cm³/mol. The van der Waals surface area contributed by atoms with Gasteiger partial charge in [0.25, 0.3) is 0 Å². The molecule has 2 saturated carbocycles. The Morgan fingerprint density at radius 3 is 2.41 bits per heavy atom. The Labute approximate surface area is 202 Å². The van der Waals surface area contributed by atoms with E-state index < -0.39 is 0 Å². The molecule has 7 heteroatoms. The molecule has 4 atom stereocenters. The number of nitrogens with zero attached hydrogens (tertiary/aromatic N) is 4. The van der Waals surface area contributed by atoms with Gasteiger partial charge in [-0.25, -0.2) is 0 Å². The van der Waals surface area contributed by atoms with Crippen LogP contribution >= 0.6 is 0 Å². The summed E-state index contributed by atoms with van der Waals surface area (Å²) in [7, 11) is 0. The largest absolute Gasteiger partial charge is 0.341 e. The lowest BCUT2D eigenvalue weighted by Crippen LogP contribution is -2.31. The highest BCUT2D eigenvalue weighted by Crippen LogP contribution is 2.53. The Morgan fingerprint density at radius 1 is 1.09 bits per heavy atom. The van der Waals surface area contributed by atoms with E-state index in [0.717, 1.165) is 41.3 Å². The minimum absolute atomic E-state index is 0.00344. The van der Waals surface area contributed by atoms with Crippen molar-refractivity contribution < 1.29 is 9.59 Å². The fraction of sp³-hybridized carbons (Fsp3) is 0.630. The number of anilines is 1. The first-order valence-electron chi connectivity index (χ1n) is 12.8. The van der Waals surface area contributed by atoms with E-state index >= 15 is 0 Å². The molecule has 0 spiro atoms. The molecule has 0 radical (unpaired) electrons. The maximum atomic E-state index is 13.5. The lowest BCUT2D eigenvalue weighted by atomic mass is 9.93. The van der Waals surface area contributed by atoms with Gasteiger partial charge in [-0.15, -0.1) is 10.2 Å². The molecule has 1 saturated heterocycles. The Morgan fingerprint density at radius 2 is 1.79 bits per heavy atom. The maximum Gasteiger partial charge on any atom is 0.230 e. The number of aromatic nitrogens is 3. The Kier molecular flexibility index (Phi) is 5.98. The number of carbonyl (C=O) groups is 2. The number of hydrogen-bond acceptors (Lipinski definition) is 4. The number of likely N-dealkylation sites (tertiary alicyclic amines) is 1. The molecule has 3 aliphatic rings. The fourth-order valence-electron chi connectivity index (χ4n) is 5.73. The molecule has 1 aromatic heterocycles. The summed E-state index contributed by atoms with van der Waals surface area (Å²) >= 11 is 0.